The summed E-state index contributed by atoms with van der Waals surface area (Å²) < 4.78 is 1.64. The predicted molar refractivity (Wildman–Crippen MR) is 80.6 cm³/mol. The monoisotopic (exact) mass is 281 g/mol. The molecule has 0 aliphatic heterocycles. The summed E-state index contributed by atoms with van der Waals surface area (Å²) in [7, 11) is 1.77. The number of aliphatic hydroxyl groups excluding tert-OH is 1. The van der Waals surface area contributed by atoms with Crippen molar-refractivity contribution in [2.24, 2.45) is 12.8 Å². The van der Waals surface area contributed by atoms with E-state index in [4.69, 9.17) is 5.73 Å². The van der Waals surface area contributed by atoms with Crippen LogP contribution in [0.25, 0.3) is 22.2 Å². The van der Waals surface area contributed by atoms with Gasteiger partial charge in [-0.2, -0.15) is 5.10 Å². The highest BCUT2D eigenvalue weighted by Crippen LogP contribution is 2.32. The van der Waals surface area contributed by atoms with Crippen LogP contribution in [0.15, 0.2) is 42.5 Å². The highest BCUT2D eigenvalue weighted by molar-refractivity contribution is 6.09. The lowest BCUT2D eigenvalue weighted by atomic mass is 10.00. The Labute approximate surface area is 121 Å². The predicted octanol–water partition coefficient (Wildman–Crippen LogP) is 1.83. The number of aromatic nitrogens is 2. The molecule has 1 amide bonds. The van der Waals surface area contributed by atoms with Gasteiger partial charge in [-0.3, -0.25) is 9.48 Å². The van der Waals surface area contributed by atoms with Crippen molar-refractivity contribution in [3.8, 4) is 11.3 Å². The third kappa shape index (κ3) is 2.08. The number of amides is 1. The molecule has 1 aromatic heterocycles. The van der Waals surface area contributed by atoms with Crippen LogP contribution in [0.4, 0.5) is 0 Å². The van der Waals surface area contributed by atoms with E-state index < -0.39 is 5.91 Å². The van der Waals surface area contributed by atoms with E-state index in [0.29, 0.717) is 11.1 Å². The maximum Gasteiger partial charge on any atom is 0.250 e. The second-order valence-corrected chi connectivity index (χ2v) is 4.86. The Balaban J connectivity index is 2.43. The number of benzene rings is 2. The largest absolute Gasteiger partial charge is 0.392 e. The van der Waals surface area contributed by atoms with Crippen molar-refractivity contribution in [3.63, 3.8) is 0 Å². The van der Waals surface area contributed by atoms with Crippen LogP contribution in [0.3, 0.4) is 0 Å². The molecule has 1 heterocycles. The molecule has 0 saturated carbocycles. The third-order valence-corrected chi connectivity index (χ3v) is 3.56. The van der Waals surface area contributed by atoms with Gasteiger partial charge in [0, 0.05) is 18.0 Å². The van der Waals surface area contributed by atoms with Crippen LogP contribution in [-0.2, 0) is 13.7 Å². The Morgan fingerprint density at radius 2 is 1.95 bits per heavy atom. The quantitative estimate of drug-likeness (QED) is 0.768. The minimum atomic E-state index is -0.507. The Morgan fingerprint density at radius 3 is 2.57 bits per heavy atom. The molecule has 5 heteroatoms. The Morgan fingerprint density at radius 1 is 1.24 bits per heavy atom. The maximum atomic E-state index is 11.6. The first-order chi connectivity index (χ1) is 10.1. The first-order valence-corrected chi connectivity index (χ1v) is 6.58. The summed E-state index contributed by atoms with van der Waals surface area (Å²) in [5, 5.41) is 14.9. The molecule has 0 aliphatic rings. The average molecular weight is 281 g/mol. The molecule has 0 bridgehead atoms. The van der Waals surface area contributed by atoms with Gasteiger partial charge in [0.05, 0.1) is 17.7 Å². The van der Waals surface area contributed by atoms with Crippen LogP contribution >= 0.6 is 0 Å². The Bertz CT molecular complexity index is 822. The van der Waals surface area contributed by atoms with Crippen LogP contribution in [0.2, 0.25) is 0 Å². The van der Waals surface area contributed by atoms with E-state index in [9.17, 15) is 9.90 Å². The topological polar surface area (TPSA) is 81.1 Å². The van der Waals surface area contributed by atoms with Crippen molar-refractivity contribution in [3.05, 3.63) is 53.6 Å². The van der Waals surface area contributed by atoms with Crippen molar-refractivity contribution >= 4 is 16.8 Å². The first kappa shape index (κ1) is 13.3. The van der Waals surface area contributed by atoms with Crippen molar-refractivity contribution in [1.82, 2.24) is 9.78 Å². The molecule has 106 valence electrons. The highest BCUT2D eigenvalue weighted by Gasteiger charge is 2.19. The van der Waals surface area contributed by atoms with E-state index in [2.05, 4.69) is 5.10 Å². The lowest BCUT2D eigenvalue weighted by molar-refractivity contribution is 0.100. The van der Waals surface area contributed by atoms with Crippen LogP contribution < -0.4 is 5.73 Å². The molecule has 0 atom stereocenters. The van der Waals surface area contributed by atoms with Gasteiger partial charge in [0.15, 0.2) is 0 Å². The van der Waals surface area contributed by atoms with Gasteiger partial charge in [-0.05, 0) is 11.6 Å². The molecule has 0 aliphatic carbocycles. The Hall–Kier alpha value is -2.66. The van der Waals surface area contributed by atoms with Gasteiger partial charge in [0.2, 0.25) is 0 Å². The van der Waals surface area contributed by atoms with E-state index in [0.717, 1.165) is 22.2 Å². The average Bonchev–Trinajstić information content (AvgIpc) is 2.85. The number of nitrogens with zero attached hydrogens (tertiary/aromatic N) is 2. The first-order valence-electron chi connectivity index (χ1n) is 6.58. The number of aliphatic hydroxyl groups is 1. The molecule has 2 aromatic carbocycles. The zero-order valence-corrected chi connectivity index (χ0v) is 11.6. The van der Waals surface area contributed by atoms with Crippen LogP contribution in [0, 0.1) is 0 Å². The minimum absolute atomic E-state index is 0.124. The number of rotatable bonds is 3. The van der Waals surface area contributed by atoms with Gasteiger partial charge in [0.1, 0.15) is 5.69 Å². The standard InChI is InChI=1S/C16H15N3O2/c1-19-15-12(16(17)21)8-7-11(9-20)13(15)14(18-19)10-5-3-2-4-6-10/h2-8,20H,9H2,1H3,(H2,17,21). The van der Waals surface area contributed by atoms with E-state index in [1.54, 1.807) is 23.9 Å². The minimum Gasteiger partial charge on any atom is -0.392 e. The summed E-state index contributed by atoms with van der Waals surface area (Å²) in [4.78, 5) is 11.6. The summed E-state index contributed by atoms with van der Waals surface area (Å²) in [5.41, 5.74) is 8.88. The molecule has 21 heavy (non-hydrogen) atoms. The molecule has 3 N–H and O–H groups in total. The number of fused-ring (bicyclic) bond motifs is 1. The summed E-state index contributed by atoms with van der Waals surface area (Å²) in [6.07, 6.45) is 0. The molecule has 0 saturated heterocycles. The lowest BCUT2D eigenvalue weighted by Gasteiger charge is -2.06. The van der Waals surface area contributed by atoms with E-state index in [-0.39, 0.29) is 6.61 Å². The van der Waals surface area contributed by atoms with Crippen molar-refractivity contribution < 1.29 is 9.90 Å². The second kappa shape index (κ2) is 5.03. The van der Waals surface area contributed by atoms with Gasteiger partial charge in [-0.1, -0.05) is 36.4 Å². The molecule has 0 radical (unpaired) electrons. The highest BCUT2D eigenvalue weighted by atomic mass is 16.3. The fourth-order valence-electron chi connectivity index (χ4n) is 2.61. The van der Waals surface area contributed by atoms with E-state index in [1.165, 1.54) is 0 Å². The van der Waals surface area contributed by atoms with Gasteiger partial charge in [-0.25, -0.2) is 0 Å². The van der Waals surface area contributed by atoms with Crippen LogP contribution in [0.5, 0.6) is 0 Å². The molecule has 0 fully saturated rings. The molecular weight excluding hydrogens is 266 g/mol. The fraction of sp³-hybridized carbons (Fsp3) is 0.125. The van der Waals surface area contributed by atoms with E-state index >= 15 is 0 Å². The molecule has 5 nitrogen and oxygen atoms in total. The molecule has 0 spiro atoms. The van der Waals surface area contributed by atoms with Crippen molar-refractivity contribution in [1.29, 1.82) is 0 Å². The number of carbonyl (C=O) groups excluding carboxylic acids is 1. The zero-order valence-electron chi connectivity index (χ0n) is 11.6. The number of nitrogens with two attached hydrogens (primary N) is 1. The van der Waals surface area contributed by atoms with Crippen molar-refractivity contribution in [2.75, 3.05) is 0 Å². The van der Waals surface area contributed by atoms with Gasteiger partial charge in [0.25, 0.3) is 5.91 Å². The van der Waals surface area contributed by atoms with E-state index in [1.807, 2.05) is 30.3 Å². The SMILES string of the molecule is Cn1nc(-c2ccccc2)c2c(CO)ccc(C(N)=O)c21. The molecule has 3 rings (SSSR count). The number of aryl methyl sites for hydroxylation is 1. The van der Waals surface area contributed by atoms with Crippen LogP contribution in [-0.4, -0.2) is 20.8 Å². The molecule has 3 aromatic rings. The zero-order chi connectivity index (χ0) is 15.0. The second-order valence-electron chi connectivity index (χ2n) is 4.86. The third-order valence-electron chi connectivity index (χ3n) is 3.56. The summed E-state index contributed by atoms with van der Waals surface area (Å²) in [5.74, 6) is -0.507. The number of carbonyl (C=O) groups is 1. The number of hydrogen-bond acceptors (Lipinski definition) is 3. The smallest absolute Gasteiger partial charge is 0.250 e. The summed E-state index contributed by atoms with van der Waals surface area (Å²) in [6.45, 7) is -0.124. The normalized spacial score (nSPS) is 11.0. The molecule has 0 unspecified atom stereocenters. The van der Waals surface area contributed by atoms with Gasteiger partial charge >= 0.3 is 0 Å². The van der Waals surface area contributed by atoms with Gasteiger partial charge < -0.3 is 10.8 Å². The van der Waals surface area contributed by atoms with Gasteiger partial charge in [-0.15, -0.1) is 0 Å². The van der Waals surface area contributed by atoms with Crippen molar-refractivity contribution in [2.45, 2.75) is 6.61 Å². The fourth-order valence-corrected chi connectivity index (χ4v) is 2.61. The summed E-state index contributed by atoms with van der Waals surface area (Å²) >= 11 is 0. The number of primary amides is 1. The van der Waals surface area contributed by atoms with Crippen LogP contribution in [0.1, 0.15) is 15.9 Å². The Kier molecular flexibility index (Phi) is 3.19. The molecular formula is C16H15N3O2. The lowest BCUT2D eigenvalue weighted by Crippen LogP contribution is -2.13. The summed E-state index contributed by atoms with van der Waals surface area (Å²) in [6, 6.07) is 13.0. The maximum absolute atomic E-state index is 11.6. The number of hydrogen-bond donors (Lipinski definition) is 2.